The normalized spacial score (nSPS) is 10.3. The van der Waals surface area contributed by atoms with Gasteiger partial charge in [0.1, 0.15) is 0 Å². The van der Waals surface area contributed by atoms with Crippen molar-refractivity contribution in [2.45, 2.75) is 20.4 Å². The van der Waals surface area contributed by atoms with Crippen molar-refractivity contribution in [3.05, 3.63) is 68.2 Å². The van der Waals surface area contributed by atoms with Gasteiger partial charge in [0.15, 0.2) is 0 Å². The molecule has 0 saturated carbocycles. The van der Waals surface area contributed by atoms with Gasteiger partial charge in [-0.15, -0.1) is 0 Å². The van der Waals surface area contributed by atoms with E-state index in [0.29, 0.717) is 17.1 Å². The van der Waals surface area contributed by atoms with Gasteiger partial charge in [-0.05, 0) is 43.2 Å². The molecule has 0 aliphatic heterocycles. The lowest BCUT2D eigenvalue weighted by atomic mass is 10.1. The second kappa shape index (κ2) is 5.92. The highest BCUT2D eigenvalue weighted by Crippen LogP contribution is 2.25. The second-order valence-corrected chi connectivity index (χ2v) is 5.07. The van der Waals surface area contributed by atoms with Crippen LogP contribution in [0.5, 0.6) is 0 Å². The molecule has 2 rings (SSSR count). The van der Waals surface area contributed by atoms with Crippen LogP contribution in [0, 0.1) is 24.0 Å². The summed E-state index contributed by atoms with van der Waals surface area (Å²) in [7, 11) is 0. The lowest BCUT2D eigenvalue weighted by molar-refractivity contribution is -0.385. The van der Waals surface area contributed by atoms with Crippen LogP contribution in [-0.4, -0.2) is 4.92 Å². The molecule has 0 heterocycles. The van der Waals surface area contributed by atoms with E-state index >= 15 is 0 Å². The summed E-state index contributed by atoms with van der Waals surface area (Å²) < 4.78 is 0. The Morgan fingerprint density at radius 2 is 2.00 bits per heavy atom. The first kappa shape index (κ1) is 14.3. The molecule has 1 N–H and O–H groups in total. The summed E-state index contributed by atoms with van der Waals surface area (Å²) >= 11 is 5.80. The van der Waals surface area contributed by atoms with Crippen molar-refractivity contribution in [2.24, 2.45) is 0 Å². The summed E-state index contributed by atoms with van der Waals surface area (Å²) in [4.78, 5) is 10.6. The molecule has 0 spiro atoms. The largest absolute Gasteiger partial charge is 0.380 e. The molecular formula is C15H15ClN2O2. The number of aryl methyl sites for hydroxylation is 1. The number of nitrogens with one attached hydrogen (secondary N) is 1. The quantitative estimate of drug-likeness (QED) is 0.667. The van der Waals surface area contributed by atoms with Crippen molar-refractivity contribution >= 4 is 23.0 Å². The average Bonchev–Trinajstić information content (AvgIpc) is 2.41. The number of rotatable bonds is 4. The Hall–Kier alpha value is -2.07. The van der Waals surface area contributed by atoms with Crippen LogP contribution in [0.2, 0.25) is 5.02 Å². The number of hydrogen-bond acceptors (Lipinski definition) is 3. The lowest BCUT2D eigenvalue weighted by Crippen LogP contribution is -2.04. The fourth-order valence-electron chi connectivity index (χ4n) is 1.99. The Kier molecular flexibility index (Phi) is 4.25. The van der Waals surface area contributed by atoms with Crippen molar-refractivity contribution < 1.29 is 4.92 Å². The van der Waals surface area contributed by atoms with Crippen molar-refractivity contribution in [3.8, 4) is 0 Å². The van der Waals surface area contributed by atoms with Crippen LogP contribution in [0.1, 0.15) is 16.7 Å². The zero-order valence-corrected chi connectivity index (χ0v) is 12.1. The number of hydrogen-bond donors (Lipinski definition) is 1. The van der Waals surface area contributed by atoms with Crippen LogP contribution < -0.4 is 5.32 Å². The maximum Gasteiger partial charge on any atom is 0.275 e. The molecule has 104 valence electrons. The van der Waals surface area contributed by atoms with Gasteiger partial charge in [-0.1, -0.05) is 23.7 Å². The summed E-state index contributed by atoms with van der Waals surface area (Å²) in [6, 6.07) is 10.7. The Labute approximate surface area is 122 Å². The summed E-state index contributed by atoms with van der Waals surface area (Å²) in [6.07, 6.45) is 0. The van der Waals surface area contributed by atoms with Crippen molar-refractivity contribution in [3.63, 3.8) is 0 Å². The highest BCUT2D eigenvalue weighted by atomic mass is 35.5. The maximum absolute atomic E-state index is 11.0. The number of benzene rings is 2. The van der Waals surface area contributed by atoms with E-state index in [9.17, 15) is 10.1 Å². The Bertz CT molecular complexity index is 656. The van der Waals surface area contributed by atoms with E-state index in [-0.39, 0.29) is 5.69 Å². The smallest absolute Gasteiger partial charge is 0.275 e. The zero-order chi connectivity index (χ0) is 14.7. The van der Waals surface area contributed by atoms with Gasteiger partial charge in [-0.3, -0.25) is 10.1 Å². The van der Waals surface area contributed by atoms with Gasteiger partial charge in [-0.25, -0.2) is 0 Å². The molecule has 0 aliphatic carbocycles. The zero-order valence-electron chi connectivity index (χ0n) is 11.3. The van der Waals surface area contributed by atoms with Crippen molar-refractivity contribution in [2.75, 3.05) is 5.32 Å². The molecular weight excluding hydrogens is 276 g/mol. The predicted molar refractivity (Wildman–Crippen MR) is 81.3 cm³/mol. The van der Waals surface area contributed by atoms with Gasteiger partial charge in [-0.2, -0.15) is 0 Å². The molecule has 0 fully saturated rings. The van der Waals surface area contributed by atoms with Gasteiger partial charge in [0.05, 0.1) is 4.92 Å². The molecule has 0 radical (unpaired) electrons. The lowest BCUT2D eigenvalue weighted by Gasteiger charge is -2.11. The number of nitrogens with zero attached hydrogens (tertiary/aromatic N) is 1. The molecule has 2 aromatic rings. The molecule has 0 bridgehead atoms. The molecule has 5 heteroatoms. The average molecular weight is 291 g/mol. The predicted octanol–water partition coefficient (Wildman–Crippen LogP) is 4.48. The first-order chi connectivity index (χ1) is 9.49. The number of nitro groups is 1. The van der Waals surface area contributed by atoms with Crippen molar-refractivity contribution in [1.82, 2.24) is 0 Å². The number of nitro benzene ring substituents is 1. The van der Waals surface area contributed by atoms with E-state index in [1.807, 2.05) is 32.0 Å². The fourth-order valence-corrected chi connectivity index (χ4v) is 2.16. The van der Waals surface area contributed by atoms with Crippen LogP contribution in [0.15, 0.2) is 36.4 Å². The monoisotopic (exact) mass is 290 g/mol. The Morgan fingerprint density at radius 3 is 2.70 bits per heavy atom. The van der Waals surface area contributed by atoms with E-state index in [2.05, 4.69) is 5.32 Å². The maximum atomic E-state index is 11.0. The summed E-state index contributed by atoms with van der Waals surface area (Å²) in [5, 5.41) is 14.6. The molecule has 4 nitrogen and oxygen atoms in total. The van der Waals surface area contributed by atoms with E-state index < -0.39 is 4.92 Å². The molecule has 0 unspecified atom stereocenters. The van der Waals surface area contributed by atoms with Crippen LogP contribution in [0.4, 0.5) is 11.4 Å². The molecule has 0 amide bonds. The highest BCUT2D eigenvalue weighted by Gasteiger charge is 2.14. The van der Waals surface area contributed by atoms with Crippen LogP contribution >= 0.6 is 11.6 Å². The molecule has 0 saturated heterocycles. The van der Waals surface area contributed by atoms with E-state index in [4.69, 9.17) is 11.6 Å². The minimum atomic E-state index is -0.411. The first-order valence-corrected chi connectivity index (χ1v) is 6.59. The topological polar surface area (TPSA) is 55.2 Å². The van der Waals surface area contributed by atoms with Crippen LogP contribution in [0.3, 0.4) is 0 Å². The fraction of sp³-hybridized carbons (Fsp3) is 0.200. The summed E-state index contributed by atoms with van der Waals surface area (Å²) in [6.45, 7) is 4.44. The van der Waals surface area contributed by atoms with Crippen LogP contribution in [-0.2, 0) is 6.54 Å². The molecule has 0 aromatic heterocycles. The molecule has 0 atom stereocenters. The highest BCUT2D eigenvalue weighted by molar-refractivity contribution is 6.30. The van der Waals surface area contributed by atoms with Gasteiger partial charge in [0, 0.05) is 28.9 Å². The number of halogens is 1. The van der Waals surface area contributed by atoms with E-state index in [0.717, 1.165) is 11.3 Å². The van der Waals surface area contributed by atoms with Gasteiger partial charge in [0.2, 0.25) is 0 Å². The second-order valence-electron chi connectivity index (χ2n) is 4.63. The van der Waals surface area contributed by atoms with Crippen LogP contribution in [0.25, 0.3) is 0 Å². The minimum Gasteiger partial charge on any atom is -0.380 e. The first-order valence-electron chi connectivity index (χ1n) is 6.22. The van der Waals surface area contributed by atoms with Gasteiger partial charge in [0.25, 0.3) is 5.69 Å². The van der Waals surface area contributed by atoms with E-state index in [1.54, 1.807) is 12.1 Å². The standard InChI is InChI=1S/C15H15ClN2O2/c1-10-4-3-5-14(11(10)2)17-9-12-6-7-13(16)8-15(12)18(19)20/h3-8,17H,9H2,1-2H3. The molecule has 20 heavy (non-hydrogen) atoms. The summed E-state index contributed by atoms with van der Waals surface area (Å²) in [5.41, 5.74) is 3.95. The Balaban J connectivity index is 2.23. The third-order valence-electron chi connectivity index (χ3n) is 3.32. The Morgan fingerprint density at radius 1 is 1.25 bits per heavy atom. The minimum absolute atomic E-state index is 0.0373. The number of anilines is 1. The van der Waals surface area contributed by atoms with Crippen molar-refractivity contribution in [1.29, 1.82) is 0 Å². The molecule has 2 aromatic carbocycles. The summed E-state index contributed by atoms with van der Waals surface area (Å²) in [5.74, 6) is 0. The van der Waals surface area contributed by atoms with Gasteiger partial charge < -0.3 is 5.32 Å². The van der Waals surface area contributed by atoms with E-state index in [1.165, 1.54) is 11.6 Å². The third-order valence-corrected chi connectivity index (χ3v) is 3.55. The molecule has 0 aliphatic rings. The van der Waals surface area contributed by atoms with Gasteiger partial charge >= 0.3 is 0 Å². The third kappa shape index (κ3) is 3.08. The SMILES string of the molecule is Cc1cccc(NCc2ccc(Cl)cc2[N+](=O)[O-])c1C.